The minimum atomic E-state index is 0.484. The van der Waals surface area contributed by atoms with Crippen LogP contribution >= 0.6 is 27.5 Å². The normalized spacial score (nSPS) is 10.5. The molecule has 0 aliphatic rings. The molecule has 0 aliphatic carbocycles. The van der Waals surface area contributed by atoms with Crippen LogP contribution in [0.15, 0.2) is 59.1 Å². The molecule has 0 saturated heterocycles. The van der Waals surface area contributed by atoms with Crippen molar-refractivity contribution in [3.05, 3.63) is 80.8 Å². The molecule has 3 aromatic rings. The summed E-state index contributed by atoms with van der Waals surface area (Å²) in [5.41, 5.74) is 4.29. The number of anilines is 1. The number of rotatable bonds is 8. The molecule has 152 valence electrons. The van der Waals surface area contributed by atoms with E-state index in [-0.39, 0.29) is 0 Å². The molecule has 0 heterocycles. The summed E-state index contributed by atoms with van der Waals surface area (Å²) in [4.78, 5) is 0. The number of halogens is 2. The maximum Gasteiger partial charge on any atom is 0.162 e. The summed E-state index contributed by atoms with van der Waals surface area (Å²) < 4.78 is 17.7. The Balaban J connectivity index is 1.72. The predicted molar refractivity (Wildman–Crippen MR) is 122 cm³/mol. The standard InChI is InChI=1S/C23H23BrClNO3/c1-15-6-4-5-7-16(15)14-29-23-12-19(24)17(10-22(23)28-3)13-26-18-8-9-21(27-2)20(25)11-18/h4-12,26H,13-14H2,1-3H3. The van der Waals surface area contributed by atoms with E-state index in [4.69, 9.17) is 25.8 Å². The molecular formula is C23H23BrClNO3. The van der Waals surface area contributed by atoms with E-state index in [9.17, 15) is 0 Å². The van der Waals surface area contributed by atoms with Gasteiger partial charge in [0.1, 0.15) is 12.4 Å². The molecule has 0 unspecified atom stereocenters. The van der Waals surface area contributed by atoms with Gasteiger partial charge in [-0.15, -0.1) is 0 Å². The summed E-state index contributed by atoms with van der Waals surface area (Å²) in [6, 6.07) is 17.7. The number of aryl methyl sites for hydroxylation is 1. The Bertz CT molecular complexity index is 994. The van der Waals surface area contributed by atoms with E-state index >= 15 is 0 Å². The number of hydrogen-bond donors (Lipinski definition) is 1. The maximum absolute atomic E-state index is 6.20. The van der Waals surface area contributed by atoms with Gasteiger partial charge in [0.05, 0.1) is 19.2 Å². The summed E-state index contributed by atoms with van der Waals surface area (Å²) >= 11 is 9.84. The number of ether oxygens (including phenoxy) is 3. The van der Waals surface area contributed by atoms with Crippen LogP contribution in [0.4, 0.5) is 5.69 Å². The SMILES string of the molecule is COc1ccc(NCc2cc(OC)c(OCc3ccccc3C)cc2Br)cc1Cl. The summed E-state index contributed by atoms with van der Waals surface area (Å²) in [5, 5.41) is 3.93. The lowest BCUT2D eigenvalue weighted by atomic mass is 10.1. The summed E-state index contributed by atoms with van der Waals surface area (Å²) in [6.45, 7) is 3.15. The van der Waals surface area contributed by atoms with E-state index in [1.807, 2.05) is 42.5 Å². The highest BCUT2D eigenvalue weighted by atomic mass is 79.9. The fourth-order valence-corrected chi connectivity index (χ4v) is 3.61. The maximum atomic E-state index is 6.20. The molecule has 0 atom stereocenters. The van der Waals surface area contributed by atoms with Crippen molar-refractivity contribution < 1.29 is 14.2 Å². The van der Waals surface area contributed by atoms with Crippen molar-refractivity contribution in [1.29, 1.82) is 0 Å². The number of nitrogens with one attached hydrogen (secondary N) is 1. The van der Waals surface area contributed by atoms with E-state index in [2.05, 4.69) is 40.3 Å². The van der Waals surface area contributed by atoms with Gasteiger partial charge in [-0.2, -0.15) is 0 Å². The molecule has 1 N–H and O–H groups in total. The molecule has 0 spiro atoms. The van der Waals surface area contributed by atoms with Crippen molar-refractivity contribution in [3.63, 3.8) is 0 Å². The highest BCUT2D eigenvalue weighted by Crippen LogP contribution is 2.35. The zero-order valence-corrected chi connectivity index (χ0v) is 18.9. The van der Waals surface area contributed by atoms with E-state index in [0.29, 0.717) is 35.4 Å². The van der Waals surface area contributed by atoms with Crippen LogP contribution in [-0.2, 0) is 13.2 Å². The van der Waals surface area contributed by atoms with Crippen molar-refractivity contribution >= 4 is 33.2 Å². The Morgan fingerprint density at radius 1 is 0.897 bits per heavy atom. The topological polar surface area (TPSA) is 39.7 Å². The molecule has 0 bridgehead atoms. The average molecular weight is 477 g/mol. The Kier molecular flexibility index (Phi) is 7.29. The second-order valence-corrected chi connectivity index (χ2v) is 7.77. The summed E-state index contributed by atoms with van der Waals surface area (Å²) in [6.07, 6.45) is 0. The third-order valence-corrected chi connectivity index (χ3v) is 5.65. The van der Waals surface area contributed by atoms with Gasteiger partial charge in [0, 0.05) is 16.7 Å². The zero-order valence-electron chi connectivity index (χ0n) is 16.6. The second-order valence-electron chi connectivity index (χ2n) is 6.51. The van der Waals surface area contributed by atoms with Gasteiger partial charge >= 0.3 is 0 Å². The van der Waals surface area contributed by atoms with Crippen molar-refractivity contribution in [2.75, 3.05) is 19.5 Å². The van der Waals surface area contributed by atoms with E-state index in [0.717, 1.165) is 21.3 Å². The molecule has 0 aromatic heterocycles. The van der Waals surface area contributed by atoms with Gasteiger partial charge in [-0.05, 0) is 53.9 Å². The summed E-state index contributed by atoms with van der Waals surface area (Å²) in [7, 11) is 3.24. The van der Waals surface area contributed by atoms with Gasteiger partial charge in [-0.1, -0.05) is 51.8 Å². The first kappa shape index (κ1) is 21.3. The average Bonchev–Trinajstić information content (AvgIpc) is 2.72. The van der Waals surface area contributed by atoms with E-state index in [1.54, 1.807) is 14.2 Å². The predicted octanol–water partition coefficient (Wildman–Crippen LogP) is 6.62. The van der Waals surface area contributed by atoms with Crippen LogP contribution in [0.5, 0.6) is 17.2 Å². The lowest BCUT2D eigenvalue weighted by Crippen LogP contribution is -2.03. The first-order valence-corrected chi connectivity index (χ1v) is 10.3. The molecule has 3 aromatic carbocycles. The second kappa shape index (κ2) is 9.90. The van der Waals surface area contributed by atoms with Crippen LogP contribution in [0.1, 0.15) is 16.7 Å². The van der Waals surface area contributed by atoms with Crippen molar-refractivity contribution in [3.8, 4) is 17.2 Å². The minimum absolute atomic E-state index is 0.484. The molecule has 0 radical (unpaired) electrons. The van der Waals surface area contributed by atoms with Crippen molar-refractivity contribution in [1.82, 2.24) is 0 Å². The fraction of sp³-hybridized carbons (Fsp3) is 0.217. The van der Waals surface area contributed by atoms with Gasteiger partial charge in [-0.3, -0.25) is 0 Å². The monoisotopic (exact) mass is 475 g/mol. The Labute approximate surface area is 184 Å². The van der Waals surface area contributed by atoms with Gasteiger partial charge in [0.2, 0.25) is 0 Å². The third kappa shape index (κ3) is 5.37. The molecule has 4 nitrogen and oxygen atoms in total. The first-order chi connectivity index (χ1) is 14.0. The van der Waals surface area contributed by atoms with E-state index in [1.165, 1.54) is 5.56 Å². The molecule has 0 saturated carbocycles. The van der Waals surface area contributed by atoms with Crippen LogP contribution in [0.2, 0.25) is 5.02 Å². The van der Waals surface area contributed by atoms with Crippen LogP contribution in [0.25, 0.3) is 0 Å². The quantitative estimate of drug-likeness (QED) is 0.396. The van der Waals surface area contributed by atoms with Gasteiger partial charge in [-0.25, -0.2) is 0 Å². The fourth-order valence-electron chi connectivity index (χ4n) is 2.89. The molecule has 0 aliphatic heterocycles. The Morgan fingerprint density at radius 3 is 2.34 bits per heavy atom. The smallest absolute Gasteiger partial charge is 0.162 e. The highest BCUT2D eigenvalue weighted by molar-refractivity contribution is 9.10. The Morgan fingerprint density at radius 2 is 1.66 bits per heavy atom. The largest absolute Gasteiger partial charge is 0.495 e. The number of benzene rings is 3. The molecule has 3 rings (SSSR count). The van der Waals surface area contributed by atoms with Gasteiger partial charge in [0.15, 0.2) is 11.5 Å². The molecule has 6 heteroatoms. The van der Waals surface area contributed by atoms with Crippen LogP contribution in [0, 0.1) is 6.92 Å². The molecule has 0 amide bonds. The van der Waals surface area contributed by atoms with Crippen molar-refractivity contribution in [2.24, 2.45) is 0 Å². The molecule has 0 fully saturated rings. The van der Waals surface area contributed by atoms with Crippen molar-refractivity contribution in [2.45, 2.75) is 20.1 Å². The molecular weight excluding hydrogens is 454 g/mol. The van der Waals surface area contributed by atoms with Gasteiger partial charge in [0.25, 0.3) is 0 Å². The molecule has 29 heavy (non-hydrogen) atoms. The van der Waals surface area contributed by atoms with Crippen LogP contribution < -0.4 is 19.5 Å². The number of hydrogen-bond acceptors (Lipinski definition) is 4. The zero-order chi connectivity index (χ0) is 20.8. The number of methoxy groups -OCH3 is 2. The summed E-state index contributed by atoms with van der Waals surface area (Å²) in [5.74, 6) is 2.03. The van der Waals surface area contributed by atoms with Crippen LogP contribution in [-0.4, -0.2) is 14.2 Å². The first-order valence-electron chi connectivity index (χ1n) is 9.13. The van der Waals surface area contributed by atoms with E-state index < -0.39 is 0 Å². The van der Waals surface area contributed by atoms with Gasteiger partial charge < -0.3 is 19.5 Å². The van der Waals surface area contributed by atoms with Crippen LogP contribution in [0.3, 0.4) is 0 Å². The lowest BCUT2D eigenvalue weighted by molar-refractivity contribution is 0.283. The minimum Gasteiger partial charge on any atom is -0.495 e. The third-order valence-electron chi connectivity index (χ3n) is 4.61. The lowest BCUT2D eigenvalue weighted by Gasteiger charge is -2.16. The Hall–Kier alpha value is -2.37. The highest BCUT2D eigenvalue weighted by Gasteiger charge is 2.12.